The van der Waals surface area contributed by atoms with Gasteiger partial charge in [-0.1, -0.05) is 19.9 Å². The van der Waals surface area contributed by atoms with Gasteiger partial charge in [0.2, 0.25) is 0 Å². The van der Waals surface area contributed by atoms with Gasteiger partial charge in [0.05, 0.1) is 4.47 Å². The third-order valence-corrected chi connectivity index (χ3v) is 5.32. The fourth-order valence-corrected chi connectivity index (χ4v) is 3.68. The monoisotopic (exact) mass is 369 g/mol. The molecule has 1 N–H and O–H groups in total. The fourth-order valence-electron chi connectivity index (χ4n) is 2.28. The van der Waals surface area contributed by atoms with Crippen LogP contribution in [0.2, 0.25) is 0 Å². The van der Waals surface area contributed by atoms with E-state index >= 15 is 0 Å². The highest BCUT2D eigenvalue weighted by Gasteiger charge is 2.14. The van der Waals surface area contributed by atoms with Crippen LogP contribution in [0.1, 0.15) is 41.6 Å². The van der Waals surface area contributed by atoms with Gasteiger partial charge in [-0.2, -0.15) is 0 Å². The Bertz CT molecular complexity index is 582. The second-order valence-corrected chi connectivity index (χ2v) is 7.21. The number of hydrogen-bond acceptors (Lipinski definition) is 2. The predicted octanol–water partition coefficient (Wildman–Crippen LogP) is 5.50. The van der Waals surface area contributed by atoms with Crippen molar-refractivity contribution in [1.29, 1.82) is 0 Å². The quantitative estimate of drug-likeness (QED) is 0.679. The first-order valence-electron chi connectivity index (χ1n) is 7.40. The molecule has 0 aliphatic rings. The summed E-state index contributed by atoms with van der Waals surface area (Å²) in [7, 11) is 0. The van der Waals surface area contributed by atoms with Crippen LogP contribution in [0.15, 0.2) is 34.8 Å². The van der Waals surface area contributed by atoms with Crippen molar-refractivity contribution in [3.63, 3.8) is 0 Å². The van der Waals surface area contributed by atoms with Crippen molar-refractivity contribution in [2.75, 3.05) is 6.54 Å². The van der Waals surface area contributed by atoms with Crippen LogP contribution >= 0.6 is 27.3 Å². The molecular formula is C17H21BrFNS. The first-order chi connectivity index (χ1) is 10.1. The number of aryl methyl sites for hydroxylation is 1. The molecular weight excluding hydrogens is 349 g/mol. The van der Waals surface area contributed by atoms with E-state index in [-0.39, 0.29) is 11.9 Å². The molecule has 0 aliphatic heterocycles. The Hall–Kier alpha value is -0.710. The minimum Gasteiger partial charge on any atom is -0.310 e. The summed E-state index contributed by atoms with van der Waals surface area (Å²) >= 11 is 5.15. The van der Waals surface area contributed by atoms with Crippen molar-refractivity contribution >= 4 is 27.3 Å². The van der Waals surface area contributed by atoms with Gasteiger partial charge in [0.25, 0.3) is 0 Å². The highest BCUT2D eigenvalue weighted by molar-refractivity contribution is 9.10. The molecule has 0 bridgehead atoms. The van der Waals surface area contributed by atoms with Crippen molar-refractivity contribution < 1.29 is 4.39 Å². The number of nitrogens with one attached hydrogen (secondary N) is 1. The predicted molar refractivity (Wildman–Crippen MR) is 92.5 cm³/mol. The molecule has 0 saturated carbocycles. The van der Waals surface area contributed by atoms with Crippen molar-refractivity contribution in [2.24, 2.45) is 0 Å². The van der Waals surface area contributed by atoms with Crippen LogP contribution in [0, 0.1) is 5.82 Å². The number of halogens is 2. The largest absolute Gasteiger partial charge is 0.310 e. The lowest BCUT2D eigenvalue weighted by Gasteiger charge is -2.19. The maximum absolute atomic E-state index is 13.4. The zero-order valence-electron chi connectivity index (χ0n) is 12.5. The summed E-state index contributed by atoms with van der Waals surface area (Å²) in [5, 5.41) is 3.57. The van der Waals surface area contributed by atoms with E-state index in [1.807, 2.05) is 23.5 Å². The number of thiophene rings is 1. The van der Waals surface area contributed by atoms with E-state index in [0.29, 0.717) is 4.47 Å². The third-order valence-electron chi connectivity index (χ3n) is 3.46. The average Bonchev–Trinajstić information content (AvgIpc) is 2.94. The molecule has 1 heterocycles. The van der Waals surface area contributed by atoms with E-state index in [1.165, 1.54) is 15.8 Å². The summed E-state index contributed by atoms with van der Waals surface area (Å²) in [6, 6.07) is 9.94. The first-order valence-corrected chi connectivity index (χ1v) is 9.00. The molecule has 0 fully saturated rings. The van der Waals surface area contributed by atoms with Crippen LogP contribution in [-0.4, -0.2) is 6.54 Å². The van der Waals surface area contributed by atoms with Gasteiger partial charge in [-0.25, -0.2) is 4.39 Å². The third kappa shape index (κ3) is 4.63. The lowest BCUT2D eigenvalue weighted by molar-refractivity contribution is 0.530. The highest BCUT2D eigenvalue weighted by atomic mass is 79.9. The second-order valence-electron chi connectivity index (χ2n) is 5.11. The van der Waals surface area contributed by atoms with Crippen LogP contribution < -0.4 is 5.32 Å². The van der Waals surface area contributed by atoms with E-state index < -0.39 is 0 Å². The Morgan fingerprint density at radius 2 is 1.95 bits per heavy atom. The first kappa shape index (κ1) is 16.7. The van der Waals surface area contributed by atoms with Gasteiger partial charge in [0.15, 0.2) is 0 Å². The molecule has 1 aromatic carbocycles. The van der Waals surface area contributed by atoms with Crippen molar-refractivity contribution in [1.82, 2.24) is 5.32 Å². The Morgan fingerprint density at radius 1 is 1.19 bits per heavy atom. The molecule has 1 aromatic heterocycles. The molecule has 0 saturated heterocycles. The summed E-state index contributed by atoms with van der Waals surface area (Å²) in [6.07, 6.45) is 3.12. The molecule has 0 radical (unpaired) electrons. The second kappa shape index (κ2) is 8.06. The molecule has 1 nitrogen and oxygen atoms in total. The Balaban J connectivity index is 2.18. The zero-order valence-corrected chi connectivity index (χ0v) is 14.9. The summed E-state index contributed by atoms with van der Waals surface area (Å²) in [5.74, 6) is -0.211. The van der Waals surface area contributed by atoms with E-state index in [1.54, 1.807) is 0 Å². The SMILES string of the molecule is CCCNC(Cc1ccc(CC)s1)c1ccc(F)c(Br)c1. The summed E-state index contributed by atoms with van der Waals surface area (Å²) < 4.78 is 14.0. The van der Waals surface area contributed by atoms with E-state index in [9.17, 15) is 4.39 Å². The topological polar surface area (TPSA) is 12.0 Å². The van der Waals surface area contributed by atoms with Gasteiger partial charge in [-0.3, -0.25) is 0 Å². The maximum atomic E-state index is 13.4. The normalized spacial score (nSPS) is 12.6. The van der Waals surface area contributed by atoms with Crippen LogP contribution in [0.3, 0.4) is 0 Å². The lowest BCUT2D eigenvalue weighted by Crippen LogP contribution is -2.23. The molecule has 0 amide bonds. The average molecular weight is 370 g/mol. The summed E-state index contributed by atoms with van der Waals surface area (Å²) in [4.78, 5) is 2.79. The van der Waals surface area contributed by atoms with E-state index in [2.05, 4.69) is 47.2 Å². The lowest BCUT2D eigenvalue weighted by atomic mass is 10.0. The molecule has 2 aromatic rings. The Kier molecular flexibility index (Phi) is 6.40. The van der Waals surface area contributed by atoms with Gasteiger partial charge in [-0.15, -0.1) is 11.3 Å². The van der Waals surface area contributed by atoms with Crippen molar-refractivity contribution in [3.05, 3.63) is 55.9 Å². The van der Waals surface area contributed by atoms with Gasteiger partial charge in [0.1, 0.15) is 5.82 Å². The van der Waals surface area contributed by atoms with Gasteiger partial charge in [0, 0.05) is 22.2 Å². The summed E-state index contributed by atoms with van der Waals surface area (Å²) in [6.45, 7) is 5.30. The van der Waals surface area contributed by atoms with Crippen molar-refractivity contribution in [2.45, 2.75) is 39.2 Å². The molecule has 4 heteroatoms. The molecule has 1 atom stereocenters. The Labute approximate surface area is 138 Å². The fraction of sp³-hybridized carbons (Fsp3) is 0.412. The van der Waals surface area contributed by atoms with E-state index in [0.717, 1.165) is 31.4 Å². The minimum absolute atomic E-state index is 0.211. The molecule has 2 rings (SSSR count). The summed E-state index contributed by atoms with van der Waals surface area (Å²) in [5.41, 5.74) is 1.13. The molecule has 21 heavy (non-hydrogen) atoms. The highest BCUT2D eigenvalue weighted by Crippen LogP contribution is 2.27. The minimum atomic E-state index is -0.211. The molecule has 114 valence electrons. The number of benzene rings is 1. The number of rotatable bonds is 7. The van der Waals surface area contributed by atoms with Gasteiger partial charge < -0.3 is 5.32 Å². The van der Waals surface area contributed by atoms with Gasteiger partial charge >= 0.3 is 0 Å². The maximum Gasteiger partial charge on any atom is 0.137 e. The molecule has 0 aliphatic carbocycles. The number of hydrogen-bond donors (Lipinski definition) is 1. The smallest absolute Gasteiger partial charge is 0.137 e. The Morgan fingerprint density at radius 3 is 2.57 bits per heavy atom. The van der Waals surface area contributed by atoms with Crippen LogP contribution in [0.4, 0.5) is 4.39 Å². The van der Waals surface area contributed by atoms with Crippen molar-refractivity contribution in [3.8, 4) is 0 Å². The molecule has 1 unspecified atom stereocenters. The standard InChI is InChI=1S/C17H21BrFNS/c1-3-9-20-17(11-14-7-6-13(4-2)21-14)12-5-8-16(19)15(18)10-12/h5-8,10,17,20H,3-4,9,11H2,1-2H3. The molecule has 0 spiro atoms. The van der Waals surface area contributed by atoms with Crippen LogP contribution in [0.25, 0.3) is 0 Å². The van der Waals surface area contributed by atoms with Crippen LogP contribution in [-0.2, 0) is 12.8 Å². The van der Waals surface area contributed by atoms with Crippen LogP contribution in [0.5, 0.6) is 0 Å². The van der Waals surface area contributed by atoms with Gasteiger partial charge in [-0.05, 0) is 65.1 Å². The van der Waals surface area contributed by atoms with E-state index in [4.69, 9.17) is 0 Å². The zero-order chi connectivity index (χ0) is 15.2.